The Morgan fingerprint density at radius 1 is 1.20 bits per heavy atom. The second kappa shape index (κ2) is 9.44. The molecule has 1 amide bonds. The van der Waals surface area contributed by atoms with E-state index in [1.54, 1.807) is 11.0 Å². The summed E-state index contributed by atoms with van der Waals surface area (Å²) in [7, 11) is 1.37. The zero-order valence-electron chi connectivity index (χ0n) is 16.3. The number of esters is 1. The van der Waals surface area contributed by atoms with Crippen molar-refractivity contribution in [2.24, 2.45) is 0 Å². The van der Waals surface area contributed by atoms with Gasteiger partial charge in [-0.3, -0.25) is 0 Å². The molecule has 0 spiro atoms. The summed E-state index contributed by atoms with van der Waals surface area (Å²) < 4.78 is 10.2. The highest BCUT2D eigenvalue weighted by Crippen LogP contribution is 2.28. The molecule has 0 aliphatic carbocycles. The maximum atomic E-state index is 12.2. The second-order valence-corrected chi connectivity index (χ2v) is 6.88. The van der Waals surface area contributed by atoms with Crippen LogP contribution in [0.5, 0.6) is 0 Å². The number of benzene rings is 1. The number of carbonyl (C=O) groups excluding carboxylic acids is 2. The first-order valence-corrected chi connectivity index (χ1v) is 8.96. The van der Waals surface area contributed by atoms with Crippen LogP contribution in [-0.4, -0.2) is 42.8 Å². The Morgan fingerprint density at radius 2 is 1.88 bits per heavy atom. The quantitative estimate of drug-likeness (QED) is 0.731. The molecule has 25 heavy (non-hydrogen) atoms. The van der Waals surface area contributed by atoms with Crippen LogP contribution < -0.4 is 0 Å². The molecule has 5 heteroatoms. The van der Waals surface area contributed by atoms with E-state index in [0.29, 0.717) is 18.7 Å². The first-order valence-electron chi connectivity index (χ1n) is 8.96. The molecule has 1 aliphatic rings. The van der Waals surface area contributed by atoms with Crippen LogP contribution in [0.2, 0.25) is 0 Å². The van der Waals surface area contributed by atoms with Gasteiger partial charge in [0.15, 0.2) is 0 Å². The van der Waals surface area contributed by atoms with Crippen molar-refractivity contribution in [3.05, 3.63) is 35.4 Å². The van der Waals surface area contributed by atoms with Crippen LogP contribution in [0.4, 0.5) is 4.79 Å². The minimum absolute atomic E-state index is 0.209. The van der Waals surface area contributed by atoms with E-state index in [2.05, 4.69) is 0 Å². The largest absolute Gasteiger partial charge is 0.465 e. The monoisotopic (exact) mass is 349 g/mol. The molecular weight excluding hydrogens is 318 g/mol. The molecule has 1 fully saturated rings. The molecule has 1 atom stereocenters. The number of carbonyl (C=O) groups is 2. The number of methoxy groups -OCH3 is 1. The van der Waals surface area contributed by atoms with Crippen molar-refractivity contribution in [3.63, 3.8) is 0 Å². The van der Waals surface area contributed by atoms with Gasteiger partial charge < -0.3 is 14.4 Å². The van der Waals surface area contributed by atoms with E-state index < -0.39 is 5.60 Å². The smallest absolute Gasteiger partial charge is 0.410 e. The van der Waals surface area contributed by atoms with Crippen molar-refractivity contribution in [1.82, 2.24) is 4.90 Å². The maximum absolute atomic E-state index is 12.2. The number of piperidine rings is 1. The standard InChI is InChI=1S/C18H25NO4.C2H6/c1-18(2,3)23-17(21)19-10-6-9-15(12-19)13-7-5-8-14(11-13)16(20)22-4;1-2/h5,7-8,11,15H,6,9-10,12H2,1-4H3;1-2H3. The average Bonchev–Trinajstić information content (AvgIpc) is 2.61. The van der Waals surface area contributed by atoms with E-state index in [4.69, 9.17) is 9.47 Å². The normalized spacial score (nSPS) is 17.2. The molecular formula is C20H31NO4. The number of hydrogen-bond acceptors (Lipinski definition) is 4. The molecule has 1 aromatic carbocycles. The molecule has 0 saturated carbocycles. The number of ether oxygens (including phenoxy) is 2. The lowest BCUT2D eigenvalue weighted by Crippen LogP contribution is -2.42. The van der Waals surface area contributed by atoms with E-state index in [1.165, 1.54) is 7.11 Å². The maximum Gasteiger partial charge on any atom is 0.410 e. The third-order valence-electron chi connectivity index (χ3n) is 3.85. The summed E-state index contributed by atoms with van der Waals surface area (Å²) in [4.78, 5) is 25.7. The third-order valence-corrected chi connectivity index (χ3v) is 3.85. The summed E-state index contributed by atoms with van der Waals surface area (Å²) >= 11 is 0. The molecule has 0 N–H and O–H groups in total. The minimum Gasteiger partial charge on any atom is -0.465 e. The van der Waals surface area contributed by atoms with Gasteiger partial charge in [0.05, 0.1) is 12.7 Å². The first kappa shape index (κ1) is 21.0. The molecule has 140 valence electrons. The fraction of sp³-hybridized carbons (Fsp3) is 0.600. The predicted octanol–water partition coefficient (Wildman–Crippen LogP) is 4.61. The predicted molar refractivity (Wildman–Crippen MR) is 98.9 cm³/mol. The Morgan fingerprint density at radius 3 is 2.48 bits per heavy atom. The molecule has 0 bridgehead atoms. The summed E-state index contributed by atoms with van der Waals surface area (Å²) in [6.45, 7) is 10.9. The van der Waals surface area contributed by atoms with Gasteiger partial charge in [-0.1, -0.05) is 26.0 Å². The molecule has 1 saturated heterocycles. The van der Waals surface area contributed by atoms with Gasteiger partial charge in [-0.15, -0.1) is 0 Å². The van der Waals surface area contributed by atoms with E-state index >= 15 is 0 Å². The number of amides is 1. The zero-order valence-corrected chi connectivity index (χ0v) is 16.3. The molecule has 2 rings (SSSR count). The van der Waals surface area contributed by atoms with Crippen molar-refractivity contribution in [1.29, 1.82) is 0 Å². The molecule has 0 radical (unpaired) electrons. The summed E-state index contributed by atoms with van der Waals surface area (Å²) in [5.41, 5.74) is 1.11. The van der Waals surface area contributed by atoms with Crippen LogP contribution in [0, 0.1) is 0 Å². The van der Waals surface area contributed by atoms with Crippen LogP contribution in [0.3, 0.4) is 0 Å². The lowest BCUT2D eigenvalue weighted by Gasteiger charge is -2.34. The van der Waals surface area contributed by atoms with Crippen molar-refractivity contribution in [2.75, 3.05) is 20.2 Å². The number of hydrogen-bond donors (Lipinski definition) is 0. The fourth-order valence-electron chi connectivity index (χ4n) is 2.78. The van der Waals surface area contributed by atoms with Crippen molar-refractivity contribution in [2.45, 2.75) is 59.0 Å². The number of nitrogens with zero attached hydrogens (tertiary/aromatic N) is 1. The van der Waals surface area contributed by atoms with Crippen molar-refractivity contribution < 1.29 is 19.1 Å². The Labute approximate surface area is 151 Å². The SMILES string of the molecule is CC.COC(=O)c1cccc(C2CCCN(C(=O)OC(C)(C)C)C2)c1. The number of likely N-dealkylation sites (tertiary alicyclic amines) is 1. The van der Waals surface area contributed by atoms with Gasteiger partial charge in [0.25, 0.3) is 0 Å². The van der Waals surface area contributed by atoms with Gasteiger partial charge in [0.2, 0.25) is 0 Å². The van der Waals surface area contributed by atoms with Gasteiger partial charge in [-0.25, -0.2) is 9.59 Å². The van der Waals surface area contributed by atoms with Gasteiger partial charge >= 0.3 is 12.1 Å². The number of rotatable bonds is 2. The van der Waals surface area contributed by atoms with Gasteiger partial charge in [-0.05, 0) is 51.3 Å². The lowest BCUT2D eigenvalue weighted by atomic mass is 9.90. The van der Waals surface area contributed by atoms with Crippen LogP contribution >= 0.6 is 0 Å². The van der Waals surface area contributed by atoms with Gasteiger partial charge in [0.1, 0.15) is 5.60 Å². The molecule has 1 aromatic rings. The Bertz CT molecular complexity index is 577. The molecule has 0 aromatic heterocycles. The van der Waals surface area contributed by atoms with Crippen LogP contribution in [-0.2, 0) is 9.47 Å². The average molecular weight is 349 g/mol. The van der Waals surface area contributed by atoms with E-state index in [-0.39, 0.29) is 18.0 Å². The topological polar surface area (TPSA) is 55.8 Å². The highest BCUT2D eigenvalue weighted by atomic mass is 16.6. The Kier molecular flexibility index (Phi) is 7.94. The highest BCUT2D eigenvalue weighted by molar-refractivity contribution is 5.89. The van der Waals surface area contributed by atoms with E-state index in [9.17, 15) is 9.59 Å². The fourth-order valence-corrected chi connectivity index (χ4v) is 2.78. The van der Waals surface area contributed by atoms with Gasteiger partial charge in [-0.2, -0.15) is 0 Å². The summed E-state index contributed by atoms with van der Waals surface area (Å²) in [6, 6.07) is 7.45. The molecule has 1 heterocycles. The molecule has 1 aliphatic heterocycles. The lowest BCUT2D eigenvalue weighted by molar-refractivity contribution is 0.0198. The van der Waals surface area contributed by atoms with Crippen LogP contribution in [0.1, 0.15) is 69.3 Å². The zero-order chi connectivity index (χ0) is 19.0. The van der Waals surface area contributed by atoms with Crippen molar-refractivity contribution >= 4 is 12.1 Å². The van der Waals surface area contributed by atoms with Crippen LogP contribution in [0.15, 0.2) is 24.3 Å². The first-order chi connectivity index (χ1) is 11.8. The highest BCUT2D eigenvalue weighted by Gasteiger charge is 2.28. The molecule has 1 unspecified atom stereocenters. The van der Waals surface area contributed by atoms with Gasteiger partial charge in [0, 0.05) is 19.0 Å². The van der Waals surface area contributed by atoms with Crippen LogP contribution in [0.25, 0.3) is 0 Å². The summed E-state index contributed by atoms with van der Waals surface area (Å²) in [5, 5.41) is 0. The Balaban J connectivity index is 0.00000151. The third kappa shape index (κ3) is 6.40. The van der Waals surface area contributed by atoms with E-state index in [1.807, 2.05) is 52.8 Å². The summed E-state index contributed by atoms with van der Waals surface area (Å²) in [6.07, 6.45) is 1.64. The van der Waals surface area contributed by atoms with E-state index in [0.717, 1.165) is 18.4 Å². The second-order valence-electron chi connectivity index (χ2n) is 6.88. The minimum atomic E-state index is -0.491. The molecule has 5 nitrogen and oxygen atoms in total. The Hall–Kier alpha value is -2.04. The van der Waals surface area contributed by atoms with Crippen molar-refractivity contribution in [3.8, 4) is 0 Å². The summed E-state index contributed by atoms with van der Waals surface area (Å²) in [5.74, 6) is -0.132.